The van der Waals surface area contributed by atoms with Gasteiger partial charge in [0.2, 0.25) is 5.91 Å². The van der Waals surface area contributed by atoms with E-state index in [1.54, 1.807) is 7.11 Å². The maximum absolute atomic E-state index is 11.9. The summed E-state index contributed by atoms with van der Waals surface area (Å²) >= 11 is 4.36. The molecule has 0 aliphatic heterocycles. The average Bonchev–Trinajstić information content (AvgIpc) is 2.37. The zero-order chi connectivity index (χ0) is 13.4. The monoisotopic (exact) mass is 267 g/mol. The molecule has 0 radical (unpaired) electrons. The summed E-state index contributed by atoms with van der Waals surface area (Å²) in [5.74, 6) is -0.0224. The molecule has 0 bridgehead atoms. The van der Waals surface area contributed by atoms with Crippen molar-refractivity contribution in [1.29, 1.82) is 0 Å². The minimum Gasteiger partial charge on any atom is -0.385 e. The molecule has 1 rings (SSSR count). The zero-order valence-corrected chi connectivity index (χ0v) is 11.8. The largest absolute Gasteiger partial charge is 0.385 e. The van der Waals surface area contributed by atoms with Crippen molar-refractivity contribution in [3.05, 3.63) is 35.9 Å². The molecular formula is C14H21NO2S. The first-order valence-corrected chi connectivity index (χ1v) is 6.66. The number of nitrogens with one attached hydrogen (secondary N) is 1. The predicted molar refractivity (Wildman–Crippen MR) is 77.0 cm³/mol. The van der Waals surface area contributed by atoms with Crippen LogP contribution in [0.5, 0.6) is 0 Å². The van der Waals surface area contributed by atoms with Gasteiger partial charge in [0.25, 0.3) is 0 Å². The summed E-state index contributed by atoms with van der Waals surface area (Å²) in [4.78, 5) is 11.9. The smallest absolute Gasteiger partial charge is 0.233 e. The summed E-state index contributed by atoms with van der Waals surface area (Å²) in [5.41, 5.74) is 1.12. The first-order valence-electron chi connectivity index (χ1n) is 6.14. The van der Waals surface area contributed by atoms with Crippen LogP contribution >= 0.6 is 12.6 Å². The minimum absolute atomic E-state index is 0.0224. The summed E-state index contributed by atoms with van der Waals surface area (Å²) in [7, 11) is 1.66. The number of carbonyl (C=O) groups excluding carboxylic acids is 1. The van der Waals surface area contributed by atoms with Crippen LogP contribution in [-0.2, 0) is 16.0 Å². The van der Waals surface area contributed by atoms with Crippen molar-refractivity contribution in [3.8, 4) is 0 Å². The van der Waals surface area contributed by atoms with E-state index in [2.05, 4.69) is 17.9 Å². The lowest BCUT2D eigenvalue weighted by atomic mass is 10.1. The number of thiol groups is 1. The van der Waals surface area contributed by atoms with Crippen molar-refractivity contribution in [1.82, 2.24) is 5.32 Å². The maximum atomic E-state index is 11.9. The molecule has 0 saturated heterocycles. The topological polar surface area (TPSA) is 38.3 Å². The van der Waals surface area contributed by atoms with Crippen LogP contribution < -0.4 is 5.32 Å². The van der Waals surface area contributed by atoms with Crippen molar-refractivity contribution in [3.63, 3.8) is 0 Å². The molecule has 18 heavy (non-hydrogen) atoms. The number of hydrogen-bond donors (Lipinski definition) is 2. The van der Waals surface area contributed by atoms with Crippen LogP contribution in [-0.4, -0.2) is 30.9 Å². The second kappa shape index (κ2) is 8.16. The lowest BCUT2D eigenvalue weighted by Crippen LogP contribution is -2.39. The van der Waals surface area contributed by atoms with E-state index in [9.17, 15) is 4.79 Å². The fourth-order valence-electron chi connectivity index (χ4n) is 1.64. The van der Waals surface area contributed by atoms with Crippen LogP contribution in [0.3, 0.4) is 0 Å². The van der Waals surface area contributed by atoms with Crippen LogP contribution in [0.2, 0.25) is 0 Å². The van der Waals surface area contributed by atoms with Crippen LogP contribution in [0, 0.1) is 0 Å². The van der Waals surface area contributed by atoms with Gasteiger partial charge in [-0.05, 0) is 25.3 Å². The van der Waals surface area contributed by atoms with Crippen LogP contribution in [0.25, 0.3) is 0 Å². The van der Waals surface area contributed by atoms with Crippen LogP contribution in [0.15, 0.2) is 30.3 Å². The summed E-state index contributed by atoms with van der Waals surface area (Å²) in [6.45, 7) is 2.62. The number of ether oxygens (including phenoxy) is 1. The Labute approximate surface area is 114 Å². The van der Waals surface area contributed by atoms with E-state index in [1.165, 1.54) is 0 Å². The Morgan fingerprint density at radius 3 is 2.67 bits per heavy atom. The SMILES string of the molecule is COCCC(C)NC(=O)C(S)Cc1ccccc1. The molecule has 2 unspecified atom stereocenters. The van der Waals surface area contributed by atoms with Gasteiger partial charge in [-0.2, -0.15) is 12.6 Å². The van der Waals surface area contributed by atoms with E-state index in [1.807, 2.05) is 37.3 Å². The molecule has 4 heteroatoms. The quantitative estimate of drug-likeness (QED) is 0.742. The Morgan fingerprint density at radius 2 is 2.06 bits per heavy atom. The predicted octanol–water partition coefficient (Wildman–Crippen LogP) is 2.07. The number of methoxy groups -OCH3 is 1. The molecule has 2 atom stereocenters. The van der Waals surface area contributed by atoms with Gasteiger partial charge in [-0.15, -0.1) is 0 Å². The third-order valence-electron chi connectivity index (χ3n) is 2.72. The summed E-state index contributed by atoms with van der Waals surface area (Å²) in [6.07, 6.45) is 1.46. The Bertz CT molecular complexity index is 356. The molecule has 0 aromatic heterocycles. The maximum Gasteiger partial charge on any atom is 0.233 e. The molecule has 0 heterocycles. The molecule has 0 aliphatic carbocycles. The fraction of sp³-hybridized carbons (Fsp3) is 0.500. The number of rotatable bonds is 7. The second-order valence-corrected chi connectivity index (χ2v) is 5.02. The van der Waals surface area contributed by atoms with Crippen molar-refractivity contribution >= 4 is 18.5 Å². The molecule has 100 valence electrons. The van der Waals surface area contributed by atoms with Crippen molar-refractivity contribution in [2.45, 2.75) is 31.1 Å². The van der Waals surface area contributed by atoms with Crippen LogP contribution in [0.4, 0.5) is 0 Å². The number of hydrogen-bond acceptors (Lipinski definition) is 3. The number of benzene rings is 1. The fourth-order valence-corrected chi connectivity index (χ4v) is 1.92. The van der Waals surface area contributed by atoms with Crippen LogP contribution in [0.1, 0.15) is 18.9 Å². The Kier molecular flexibility index (Phi) is 6.83. The van der Waals surface area contributed by atoms with Gasteiger partial charge >= 0.3 is 0 Å². The molecular weight excluding hydrogens is 246 g/mol. The van der Waals surface area contributed by atoms with Gasteiger partial charge in [0.05, 0.1) is 5.25 Å². The van der Waals surface area contributed by atoms with E-state index < -0.39 is 0 Å². The number of amides is 1. The highest BCUT2D eigenvalue weighted by Gasteiger charge is 2.16. The van der Waals surface area contributed by atoms with E-state index in [0.29, 0.717) is 13.0 Å². The van der Waals surface area contributed by atoms with Gasteiger partial charge in [-0.3, -0.25) is 4.79 Å². The Hall–Kier alpha value is -1.00. The normalized spacial score (nSPS) is 13.9. The van der Waals surface area contributed by atoms with E-state index >= 15 is 0 Å². The average molecular weight is 267 g/mol. The van der Waals surface area contributed by atoms with Crippen molar-refractivity contribution in [2.24, 2.45) is 0 Å². The first kappa shape index (κ1) is 15.1. The first-order chi connectivity index (χ1) is 8.63. The Morgan fingerprint density at radius 1 is 1.39 bits per heavy atom. The van der Waals surface area contributed by atoms with Gasteiger partial charge in [-0.25, -0.2) is 0 Å². The van der Waals surface area contributed by atoms with Gasteiger partial charge in [0.15, 0.2) is 0 Å². The summed E-state index contributed by atoms with van der Waals surface area (Å²) in [6, 6.07) is 10.0. The molecule has 1 amide bonds. The summed E-state index contributed by atoms with van der Waals surface area (Å²) in [5, 5.41) is 2.63. The van der Waals surface area contributed by atoms with E-state index in [0.717, 1.165) is 12.0 Å². The highest BCUT2D eigenvalue weighted by molar-refractivity contribution is 7.81. The van der Waals surface area contributed by atoms with E-state index in [4.69, 9.17) is 4.74 Å². The molecule has 0 spiro atoms. The van der Waals surface area contributed by atoms with Gasteiger partial charge in [0, 0.05) is 19.8 Å². The molecule has 0 aliphatic rings. The standard InChI is InChI=1S/C14H21NO2S/c1-11(8-9-17-2)15-14(16)13(18)10-12-6-4-3-5-7-12/h3-7,11,13,18H,8-10H2,1-2H3,(H,15,16). The molecule has 1 aromatic carbocycles. The minimum atomic E-state index is -0.308. The second-order valence-electron chi connectivity index (χ2n) is 4.40. The van der Waals surface area contributed by atoms with Crippen molar-refractivity contribution in [2.75, 3.05) is 13.7 Å². The highest BCUT2D eigenvalue weighted by Crippen LogP contribution is 2.08. The lowest BCUT2D eigenvalue weighted by molar-refractivity contribution is -0.121. The molecule has 0 saturated carbocycles. The highest BCUT2D eigenvalue weighted by atomic mass is 32.1. The molecule has 3 nitrogen and oxygen atoms in total. The third-order valence-corrected chi connectivity index (χ3v) is 3.14. The van der Waals surface area contributed by atoms with Gasteiger partial charge in [0.1, 0.15) is 0 Å². The van der Waals surface area contributed by atoms with Gasteiger partial charge in [-0.1, -0.05) is 30.3 Å². The molecule has 1 aromatic rings. The van der Waals surface area contributed by atoms with Crippen molar-refractivity contribution < 1.29 is 9.53 Å². The molecule has 1 N–H and O–H groups in total. The summed E-state index contributed by atoms with van der Waals surface area (Å²) < 4.78 is 4.98. The molecule has 0 fully saturated rings. The Balaban J connectivity index is 2.37. The van der Waals surface area contributed by atoms with Gasteiger partial charge < -0.3 is 10.1 Å². The number of carbonyl (C=O) groups is 1. The van der Waals surface area contributed by atoms with E-state index in [-0.39, 0.29) is 17.2 Å². The zero-order valence-electron chi connectivity index (χ0n) is 10.9. The third kappa shape index (κ3) is 5.56. The lowest BCUT2D eigenvalue weighted by Gasteiger charge is -2.16.